The van der Waals surface area contributed by atoms with Crippen LogP contribution in [0.5, 0.6) is 0 Å². The molecule has 0 unspecified atom stereocenters. The molecule has 1 saturated heterocycles. The number of ether oxygens (including phenoxy) is 1. The van der Waals surface area contributed by atoms with E-state index < -0.39 is 18.0 Å². The van der Waals surface area contributed by atoms with Crippen molar-refractivity contribution in [3.05, 3.63) is 11.8 Å². The van der Waals surface area contributed by atoms with Gasteiger partial charge in [0, 0.05) is 13.1 Å². The van der Waals surface area contributed by atoms with E-state index in [1.165, 1.54) is 0 Å². The molecular weight excluding hydrogens is 209 g/mol. The van der Waals surface area contributed by atoms with Crippen LogP contribution in [0.3, 0.4) is 0 Å². The number of morpholine rings is 1. The van der Waals surface area contributed by atoms with E-state index in [9.17, 15) is 22.0 Å². The van der Waals surface area contributed by atoms with Crippen LogP contribution in [0.4, 0.5) is 22.0 Å². The lowest BCUT2D eigenvalue weighted by Crippen LogP contribution is -2.35. The minimum absolute atomic E-state index is 0.0741. The fraction of sp³-hybridized carbons (Fsp3) is 0.714. The second-order valence-corrected chi connectivity index (χ2v) is 2.70. The lowest BCUT2D eigenvalue weighted by molar-refractivity contribution is -0.114. The topological polar surface area (TPSA) is 12.5 Å². The van der Waals surface area contributed by atoms with Crippen molar-refractivity contribution in [2.75, 3.05) is 26.3 Å². The molecule has 0 aromatic heterocycles. The van der Waals surface area contributed by atoms with Gasteiger partial charge in [0.15, 0.2) is 0 Å². The smallest absolute Gasteiger partial charge is 0.378 e. The zero-order valence-corrected chi connectivity index (χ0v) is 7.07. The van der Waals surface area contributed by atoms with E-state index in [2.05, 4.69) is 0 Å². The Balaban J connectivity index is 2.74. The Morgan fingerprint density at radius 3 is 2.00 bits per heavy atom. The molecule has 0 saturated carbocycles. The first-order valence-electron chi connectivity index (χ1n) is 3.88. The third-order valence-electron chi connectivity index (χ3n) is 1.72. The fourth-order valence-electron chi connectivity index (χ4n) is 1.02. The molecule has 0 bridgehead atoms. The summed E-state index contributed by atoms with van der Waals surface area (Å²) in [6.07, 6.45) is -5.26. The lowest BCUT2D eigenvalue weighted by Gasteiger charge is -2.27. The Morgan fingerprint density at radius 2 is 1.57 bits per heavy atom. The highest BCUT2D eigenvalue weighted by molar-refractivity contribution is 5.05. The maximum atomic E-state index is 12.8. The van der Waals surface area contributed by atoms with Crippen LogP contribution >= 0.6 is 0 Å². The molecule has 0 amide bonds. The van der Waals surface area contributed by atoms with Gasteiger partial charge >= 0.3 is 6.18 Å². The Hall–Kier alpha value is -0.850. The van der Waals surface area contributed by atoms with E-state index in [0.717, 1.165) is 0 Å². The van der Waals surface area contributed by atoms with Crippen LogP contribution in [0.15, 0.2) is 11.8 Å². The summed E-state index contributed by atoms with van der Waals surface area (Å²) < 4.78 is 65.2. The van der Waals surface area contributed by atoms with E-state index in [-0.39, 0.29) is 26.3 Å². The summed E-state index contributed by atoms with van der Waals surface area (Å²) in [6.45, 7) is 0.0434. The molecule has 0 radical (unpaired) electrons. The maximum Gasteiger partial charge on any atom is 0.447 e. The highest BCUT2D eigenvalue weighted by Crippen LogP contribution is 2.31. The molecule has 82 valence electrons. The molecule has 0 aromatic carbocycles. The van der Waals surface area contributed by atoms with Gasteiger partial charge in [-0.2, -0.15) is 22.0 Å². The first-order chi connectivity index (χ1) is 6.43. The van der Waals surface area contributed by atoms with Crippen LogP contribution in [-0.2, 0) is 4.74 Å². The summed E-state index contributed by atoms with van der Waals surface area (Å²) in [5, 5.41) is 0. The normalized spacial score (nSPS) is 20.8. The summed E-state index contributed by atoms with van der Waals surface area (Å²) in [7, 11) is 0. The predicted octanol–water partition coefficient (Wildman–Crippen LogP) is 1.99. The zero-order chi connectivity index (χ0) is 10.8. The molecule has 1 rings (SSSR count). The first-order valence-corrected chi connectivity index (χ1v) is 3.88. The second kappa shape index (κ2) is 4.12. The van der Waals surface area contributed by atoms with Crippen molar-refractivity contribution < 1.29 is 26.7 Å². The van der Waals surface area contributed by atoms with Crippen LogP contribution in [0, 0.1) is 0 Å². The van der Waals surface area contributed by atoms with Crippen molar-refractivity contribution in [1.82, 2.24) is 4.90 Å². The summed E-state index contributed by atoms with van der Waals surface area (Å²) >= 11 is 0. The Morgan fingerprint density at radius 1 is 1.07 bits per heavy atom. The van der Waals surface area contributed by atoms with E-state index in [1.807, 2.05) is 0 Å². The van der Waals surface area contributed by atoms with Gasteiger partial charge in [-0.05, 0) is 0 Å². The van der Waals surface area contributed by atoms with E-state index in [1.54, 1.807) is 0 Å². The molecule has 1 heterocycles. The van der Waals surface area contributed by atoms with Gasteiger partial charge in [-0.25, -0.2) is 0 Å². The number of halogens is 5. The maximum absolute atomic E-state index is 12.8. The molecule has 1 fully saturated rings. The molecule has 0 aromatic rings. The standard InChI is InChI=1S/C7H8F5NO/c8-5(7(10,11)12)6(9)13-1-3-14-4-2-13/h1-4H2/b6-5-. The highest BCUT2D eigenvalue weighted by atomic mass is 19.4. The third kappa shape index (κ3) is 2.57. The van der Waals surface area contributed by atoms with Gasteiger partial charge in [-0.1, -0.05) is 0 Å². The Labute approximate surface area is 76.9 Å². The third-order valence-corrected chi connectivity index (χ3v) is 1.72. The Bertz CT molecular complexity index is 231. The Kier molecular flexibility index (Phi) is 3.30. The van der Waals surface area contributed by atoms with Gasteiger partial charge in [-0.15, -0.1) is 0 Å². The molecule has 0 N–H and O–H groups in total. The lowest BCUT2D eigenvalue weighted by atomic mass is 10.4. The SMILES string of the molecule is F/C(=C(/F)C(F)(F)F)N1CCOCC1. The van der Waals surface area contributed by atoms with Crippen LogP contribution in [0.25, 0.3) is 0 Å². The van der Waals surface area contributed by atoms with Crippen molar-refractivity contribution in [1.29, 1.82) is 0 Å². The van der Waals surface area contributed by atoms with Crippen molar-refractivity contribution in [2.24, 2.45) is 0 Å². The van der Waals surface area contributed by atoms with Crippen LogP contribution in [0.1, 0.15) is 0 Å². The van der Waals surface area contributed by atoms with Crippen LogP contribution < -0.4 is 0 Å². The highest BCUT2D eigenvalue weighted by Gasteiger charge is 2.39. The minimum atomic E-state index is -5.26. The summed E-state index contributed by atoms with van der Waals surface area (Å²) in [4.78, 5) is 0.673. The molecule has 0 atom stereocenters. The molecular formula is C7H8F5NO. The average molecular weight is 217 g/mol. The van der Waals surface area contributed by atoms with Crippen molar-refractivity contribution in [2.45, 2.75) is 6.18 Å². The molecule has 0 aliphatic carbocycles. The number of rotatable bonds is 1. The van der Waals surface area contributed by atoms with Gasteiger partial charge in [0.25, 0.3) is 5.83 Å². The van der Waals surface area contributed by atoms with Crippen molar-refractivity contribution in [3.8, 4) is 0 Å². The van der Waals surface area contributed by atoms with E-state index in [0.29, 0.717) is 4.90 Å². The molecule has 1 aliphatic heterocycles. The molecule has 1 aliphatic rings. The van der Waals surface area contributed by atoms with Gasteiger partial charge in [0.2, 0.25) is 5.95 Å². The molecule has 7 heteroatoms. The number of nitrogens with zero attached hydrogens (tertiary/aromatic N) is 1. The van der Waals surface area contributed by atoms with Crippen LogP contribution in [0.2, 0.25) is 0 Å². The largest absolute Gasteiger partial charge is 0.447 e. The van der Waals surface area contributed by atoms with Gasteiger partial charge in [0.05, 0.1) is 13.2 Å². The molecule has 14 heavy (non-hydrogen) atoms. The quantitative estimate of drug-likeness (QED) is 0.492. The summed E-state index contributed by atoms with van der Waals surface area (Å²) in [5.41, 5.74) is 0. The predicted molar refractivity (Wildman–Crippen MR) is 37.7 cm³/mol. The average Bonchev–Trinajstić information content (AvgIpc) is 2.15. The van der Waals surface area contributed by atoms with E-state index >= 15 is 0 Å². The monoisotopic (exact) mass is 217 g/mol. The minimum Gasteiger partial charge on any atom is -0.378 e. The summed E-state index contributed by atoms with van der Waals surface area (Å²) in [5.74, 6) is -4.54. The fourth-order valence-corrected chi connectivity index (χ4v) is 1.02. The molecule has 2 nitrogen and oxygen atoms in total. The van der Waals surface area contributed by atoms with Crippen molar-refractivity contribution in [3.63, 3.8) is 0 Å². The number of allylic oxidation sites excluding steroid dienone is 1. The number of hydrogen-bond donors (Lipinski definition) is 0. The first kappa shape index (κ1) is 11.2. The van der Waals surface area contributed by atoms with E-state index in [4.69, 9.17) is 4.74 Å². The summed E-state index contributed by atoms with van der Waals surface area (Å²) in [6, 6.07) is 0. The van der Waals surface area contributed by atoms with Gasteiger partial charge in [-0.3, -0.25) is 0 Å². The second-order valence-electron chi connectivity index (χ2n) is 2.70. The number of alkyl halides is 3. The zero-order valence-electron chi connectivity index (χ0n) is 7.07. The molecule has 0 spiro atoms. The van der Waals surface area contributed by atoms with Gasteiger partial charge in [0.1, 0.15) is 0 Å². The van der Waals surface area contributed by atoms with Gasteiger partial charge < -0.3 is 9.64 Å². The van der Waals surface area contributed by atoms with Crippen molar-refractivity contribution >= 4 is 0 Å². The number of hydrogen-bond acceptors (Lipinski definition) is 2. The van der Waals surface area contributed by atoms with Crippen LogP contribution in [-0.4, -0.2) is 37.4 Å².